The molecule has 2 heterocycles. The third kappa shape index (κ3) is 2.99. The van der Waals surface area contributed by atoms with Crippen LogP contribution in [0.1, 0.15) is 16.1 Å². The minimum Gasteiger partial charge on any atom is -0.339 e. The van der Waals surface area contributed by atoms with Crippen molar-refractivity contribution in [2.45, 2.75) is 6.42 Å². The first-order valence-electron chi connectivity index (χ1n) is 8.06. The van der Waals surface area contributed by atoms with Crippen molar-refractivity contribution in [1.29, 1.82) is 0 Å². The molecule has 0 unspecified atom stereocenters. The Morgan fingerprint density at radius 1 is 1.04 bits per heavy atom. The molecule has 1 N–H and O–H groups in total. The predicted molar refractivity (Wildman–Crippen MR) is 93.5 cm³/mol. The summed E-state index contributed by atoms with van der Waals surface area (Å²) < 4.78 is 26.2. The molecule has 0 saturated heterocycles. The summed E-state index contributed by atoms with van der Waals surface area (Å²) in [6, 6.07) is 11.2. The summed E-state index contributed by atoms with van der Waals surface area (Å²) in [6.07, 6.45) is 3.56. The topological polar surface area (TPSA) is 58.1 Å². The van der Waals surface area contributed by atoms with E-state index in [4.69, 9.17) is 0 Å². The van der Waals surface area contributed by atoms with Crippen molar-refractivity contribution < 1.29 is 13.6 Å². The number of carbonyl (C=O) groups is 1. The number of anilines is 3. The number of rotatable bonds is 3. The number of nitrogens with one attached hydrogen (secondary N) is 1. The van der Waals surface area contributed by atoms with Crippen molar-refractivity contribution in [2.75, 3.05) is 16.8 Å². The van der Waals surface area contributed by atoms with Crippen LogP contribution < -0.4 is 10.2 Å². The zero-order chi connectivity index (χ0) is 18.1. The summed E-state index contributed by atoms with van der Waals surface area (Å²) in [5.74, 6) is -1.77. The lowest BCUT2D eigenvalue weighted by Crippen LogP contribution is -2.29. The smallest absolute Gasteiger partial charge is 0.278 e. The van der Waals surface area contributed by atoms with Crippen molar-refractivity contribution in [1.82, 2.24) is 9.97 Å². The normalized spacial score (nSPS) is 12.8. The van der Waals surface area contributed by atoms with E-state index in [0.29, 0.717) is 18.1 Å². The second-order valence-corrected chi connectivity index (χ2v) is 5.88. The van der Waals surface area contributed by atoms with Gasteiger partial charge in [0.1, 0.15) is 11.5 Å². The molecule has 0 saturated carbocycles. The number of halogens is 2. The summed E-state index contributed by atoms with van der Waals surface area (Å²) >= 11 is 0. The quantitative estimate of drug-likeness (QED) is 0.781. The molecule has 1 aromatic heterocycles. The van der Waals surface area contributed by atoms with Crippen molar-refractivity contribution in [3.63, 3.8) is 0 Å². The second-order valence-electron chi connectivity index (χ2n) is 5.88. The molecule has 0 radical (unpaired) electrons. The first-order valence-corrected chi connectivity index (χ1v) is 8.06. The lowest BCUT2D eigenvalue weighted by molar-refractivity contribution is 0.0984. The highest BCUT2D eigenvalue weighted by atomic mass is 19.2. The van der Waals surface area contributed by atoms with E-state index in [1.54, 1.807) is 4.90 Å². The molecule has 0 fully saturated rings. The van der Waals surface area contributed by atoms with Crippen molar-refractivity contribution >= 4 is 23.1 Å². The van der Waals surface area contributed by atoms with Crippen LogP contribution in [0.25, 0.3) is 0 Å². The zero-order valence-corrected chi connectivity index (χ0v) is 13.6. The maximum Gasteiger partial charge on any atom is 0.278 e. The summed E-state index contributed by atoms with van der Waals surface area (Å²) in [4.78, 5) is 22.6. The Labute approximate surface area is 148 Å². The van der Waals surface area contributed by atoms with Gasteiger partial charge in [-0.2, -0.15) is 0 Å². The standard InChI is InChI=1S/C19H14F2N4O/c20-14-6-5-13(9-15(14)21)24-18-11-22-16(10-23-18)19(26)25-8-7-12-3-1-2-4-17(12)25/h1-6,9-11H,7-8H2,(H,23,24). The van der Waals surface area contributed by atoms with Crippen LogP contribution in [0.5, 0.6) is 0 Å². The molecule has 2 aromatic carbocycles. The van der Waals surface area contributed by atoms with E-state index >= 15 is 0 Å². The number of amides is 1. The fourth-order valence-electron chi connectivity index (χ4n) is 2.91. The predicted octanol–water partition coefficient (Wildman–Crippen LogP) is 3.70. The Bertz CT molecular complexity index is 976. The maximum absolute atomic E-state index is 13.2. The lowest BCUT2D eigenvalue weighted by atomic mass is 10.2. The Morgan fingerprint density at radius 3 is 2.65 bits per heavy atom. The summed E-state index contributed by atoms with van der Waals surface area (Å²) in [6.45, 7) is 0.606. The Morgan fingerprint density at radius 2 is 1.88 bits per heavy atom. The molecule has 4 rings (SSSR count). The Kier molecular flexibility index (Phi) is 4.04. The third-order valence-electron chi connectivity index (χ3n) is 4.20. The largest absolute Gasteiger partial charge is 0.339 e. The Hall–Kier alpha value is -3.35. The molecule has 0 atom stereocenters. The van der Waals surface area contributed by atoms with Gasteiger partial charge >= 0.3 is 0 Å². The van der Waals surface area contributed by atoms with Crippen LogP contribution in [0.15, 0.2) is 54.9 Å². The summed E-state index contributed by atoms with van der Waals surface area (Å²) in [7, 11) is 0. The molecule has 1 amide bonds. The Balaban J connectivity index is 1.51. The van der Waals surface area contributed by atoms with Gasteiger partial charge in [0.25, 0.3) is 5.91 Å². The van der Waals surface area contributed by atoms with Crippen molar-refractivity contribution in [3.05, 3.63) is 77.8 Å². The molecule has 0 bridgehead atoms. The number of carbonyl (C=O) groups excluding carboxylic acids is 1. The number of hydrogen-bond donors (Lipinski definition) is 1. The van der Waals surface area contributed by atoms with E-state index in [2.05, 4.69) is 15.3 Å². The highest BCUT2D eigenvalue weighted by Crippen LogP contribution is 2.28. The minimum absolute atomic E-state index is 0.220. The first-order chi connectivity index (χ1) is 12.6. The average Bonchev–Trinajstić information content (AvgIpc) is 3.09. The van der Waals surface area contributed by atoms with Crippen LogP contribution in [-0.4, -0.2) is 22.4 Å². The highest BCUT2D eigenvalue weighted by Gasteiger charge is 2.26. The number of hydrogen-bond acceptors (Lipinski definition) is 4. The molecule has 5 nitrogen and oxygen atoms in total. The van der Waals surface area contributed by atoms with Gasteiger partial charge in [-0.05, 0) is 30.2 Å². The molecular weight excluding hydrogens is 338 g/mol. The third-order valence-corrected chi connectivity index (χ3v) is 4.20. The van der Waals surface area contributed by atoms with Gasteiger partial charge in [0, 0.05) is 24.0 Å². The van der Waals surface area contributed by atoms with Crippen molar-refractivity contribution in [2.24, 2.45) is 0 Å². The lowest BCUT2D eigenvalue weighted by Gasteiger charge is -2.16. The molecule has 1 aliphatic heterocycles. The molecule has 0 spiro atoms. The van der Waals surface area contributed by atoms with Crippen LogP contribution in [0.4, 0.5) is 26.0 Å². The van der Waals surface area contributed by atoms with Gasteiger partial charge < -0.3 is 10.2 Å². The zero-order valence-electron chi connectivity index (χ0n) is 13.6. The van der Waals surface area contributed by atoms with Crippen molar-refractivity contribution in [3.8, 4) is 0 Å². The SMILES string of the molecule is O=C(c1cnc(Nc2ccc(F)c(F)c2)cn1)N1CCc2ccccc21. The van der Waals surface area contributed by atoms with Crippen LogP contribution in [0, 0.1) is 11.6 Å². The molecule has 1 aliphatic rings. The van der Waals surface area contributed by atoms with Gasteiger partial charge in [-0.1, -0.05) is 18.2 Å². The highest BCUT2D eigenvalue weighted by molar-refractivity contribution is 6.05. The van der Waals surface area contributed by atoms with E-state index in [9.17, 15) is 13.6 Å². The number of fused-ring (bicyclic) bond motifs is 1. The van der Waals surface area contributed by atoms with Gasteiger partial charge in [0.15, 0.2) is 11.6 Å². The van der Waals surface area contributed by atoms with Crippen LogP contribution in [-0.2, 0) is 6.42 Å². The van der Waals surface area contributed by atoms with E-state index in [1.807, 2.05) is 24.3 Å². The summed E-state index contributed by atoms with van der Waals surface area (Å²) in [5.41, 5.74) is 2.58. The molecule has 130 valence electrons. The first kappa shape index (κ1) is 16.1. The minimum atomic E-state index is -0.956. The number of para-hydroxylation sites is 1. The molecule has 3 aromatic rings. The second kappa shape index (κ2) is 6.51. The molecule has 0 aliphatic carbocycles. The fourth-order valence-corrected chi connectivity index (χ4v) is 2.91. The molecule has 26 heavy (non-hydrogen) atoms. The van der Waals surface area contributed by atoms with Crippen LogP contribution in [0.3, 0.4) is 0 Å². The van der Waals surface area contributed by atoms with Gasteiger partial charge in [-0.3, -0.25) is 4.79 Å². The van der Waals surface area contributed by atoms with Gasteiger partial charge in [0.05, 0.1) is 12.4 Å². The monoisotopic (exact) mass is 352 g/mol. The van der Waals surface area contributed by atoms with E-state index in [0.717, 1.165) is 29.8 Å². The van der Waals surface area contributed by atoms with E-state index in [1.165, 1.54) is 18.5 Å². The number of aromatic nitrogens is 2. The van der Waals surface area contributed by atoms with Gasteiger partial charge in [0.2, 0.25) is 0 Å². The fraction of sp³-hybridized carbons (Fsp3) is 0.105. The van der Waals surface area contributed by atoms with Crippen LogP contribution >= 0.6 is 0 Å². The average molecular weight is 352 g/mol. The molecular formula is C19H14F2N4O. The summed E-state index contributed by atoms with van der Waals surface area (Å²) in [5, 5.41) is 2.82. The number of nitrogens with zero attached hydrogens (tertiary/aromatic N) is 3. The van der Waals surface area contributed by atoms with E-state index < -0.39 is 11.6 Å². The van der Waals surface area contributed by atoms with Crippen LogP contribution in [0.2, 0.25) is 0 Å². The number of benzene rings is 2. The maximum atomic E-state index is 13.2. The molecule has 7 heteroatoms. The van der Waals surface area contributed by atoms with E-state index in [-0.39, 0.29) is 11.6 Å². The van der Waals surface area contributed by atoms with Gasteiger partial charge in [-0.15, -0.1) is 0 Å². The van der Waals surface area contributed by atoms with Gasteiger partial charge in [-0.25, -0.2) is 18.7 Å².